The fraction of sp³-hybridized carbons (Fsp3) is 0.533. The van der Waals surface area contributed by atoms with Crippen LogP contribution in [0.1, 0.15) is 38.7 Å². The first-order chi connectivity index (χ1) is 8.63. The van der Waals surface area contributed by atoms with Gasteiger partial charge in [0.2, 0.25) is 0 Å². The van der Waals surface area contributed by atoms with E-state index in [0.717, 1.165) is 17.1 Å². The van der Waals surface area contributed by atoms with E-state index in [1.807, 2.05) is 25.1 Å². The summed E-state index contributed by atoms with van der Waals surface area (Å²) in [4.78, 5) is 12.0. The maximum absolute atomic E-state index is 12.0. The molecule has 98 valence electrons. The molecule has 0 saturated heterocycles. The predicted octanol–water partition coefficient (Wildman–Crippen LogP) is 3.18. The zero-order chi connectivity index (χ0) is 13.1. The minimum absolute atomic E-state index is 0.0502. The number of ether oxygens (including phenoxy) is 2. The van der Waals surface area contributed by atoms with Crippen LogP contribution in [0.3, 0.4) is 0 Å². The van der Waals surface area contributed by atoms with Crippen molar-refractivity contribution in [3.05, 3.63) is 23.8 Å². The third-order valence-electron chi connectivity index (χ3n) is 3.29. The number of carbonyl (C=O) groups is 1. The number of fused-ring (bicyclic) bond motifs is 1. The Hall–Kier alpha value is -1.51. The van der Waals surface area contributed by atoms with Crippen LogP contribution < -0.4 is 9.47 Å². The van der Waals surface area contributed by atoms with E-state index in [2.05, 4.69) is 13.8 Å². The lowest BCUT2D eigenvalue weighted by atomic mass is 9.84. The molecule has 1 aromatic carbocycles. The molecule has 18 heavy (non-hydrogen) atoms. The molecule has 0 spiro atoms. The van der Waals surface area contributed by atoms with Crippen LogP contribution in [0.2, 0.25) is 0 Å². The van der Waals surface area contributed by atoms with E-state index in [4.69, 9.17) is 9.47 Å². The summed E-state index contributed by atoms with van der Waals surface area (Å²) in [6.07, 6.45) is 0.567. The van der Waals surface area contributed by atoms with Gasteiger partial charge in [-0.25, -0.2) is 0 Å². The van der Waals surface area contributed by atoms with Gasteiger partial charge in [-0.15, -0.1) is 0 Å². The highest BCUT2D eigenvalue weighted by atomic mass is 16.6. The molecular weight excluding hydrogens is 228 g/mol. The molecule has 1 aliphatic heterocycles. The van der Waals surface area contributed by atoms with Crippen LogP contribution in [0.15, 0.2) is 18.2 Å². The minimum Gasteiger partial charge on any atom is -0.486 e. The second-order valence-electron chi connectivity index (χ2n) is 4.94. The molecule has 0 amide bonds. The monoisotopic (exact) mass is 248 g/mol. The summed E-state index contributed by atoms with van der Waals surface area (Å²) in [5.41, 5.74) is 1.03. The number of ketones is 1. The molecule has 2 rings (SSSR count). The van der Waals surface area contributed by atoms with Crippen molar-refractivity contribution in [3.63, 3.8) is 0 Å². The third kappa shape index (κ3) is 2.50. The first-order valence-corrected chi connectivity index (χ1v) is 6.55. The Bertz CT molecular complexity index is 437. The Morgan fingerprint density at radius 1 is 1.22 bits per heavy atom. The molecule has 0 bridgehead atoms. The zero-order valence-electron chi connectivity index (χ0n) is 11.2. The fourth-order valence-corrected chi connectivity index (χ4v) is 2.42. The highest BCUT2D eigenvalue weighted by Crippen LogP contribution is 2.35. The zero-order valence-corrected chi connectivity index (χ0v) is 11.2. The summed E-state index contributed by atoms with van der Waals surface area (Å²) in [6, 6.07) is 5.83. The number of Topliss-reactive ketones (excluding diaryl/α,β-unsaturated/α-hetero) is 1. The summed E-state index contributed by atoms with van der Waals surface area (Å²) in [5, 5.41) is 0. The molecule has 0 fully saturated rings. The van der Waals surface area contributed by atoms with Crippen molar-refractivity contribution < 1.29 is 14.3 Å². The second-order valence-corrected chi connectivity index (χ2v) is 4.94. The van der Waals surface area contributed by atoms with Crippen molar-refractivity contribution >= 4 is 5.78 Å². The maximum Gasteiger partial charge on any atom is 0.161 e. The van der Waals surface area contributed by atoms with Gasteiger partial charge in [0.25, 0.3) is 0 Å². The first kappa shape index (κ1) is 12.9. The molecule has 3 heteroatoms. The van der Waals surface area contributed by atoms with Crippen molar-refractivity contribution in [1.29, 1.82) is 0 Å². The van der Waals surface area contributed by atoms with Crippen LogP contribution >= 0.6 is 0 Å². The first-order valence-electron chi connectivity index (χ1n) is 6.55. The molecule has 0 saturated carbocycles. The lowest BCUT2D eigenvalue weighted by Crippen LogP contribution is -2.19. The largest absolute Gasteiger partial charge is 0.486 e. The van der Waals surface area contributed by atoms with Gasteiger partial charge in [-0.3, -0.25) is 4.79 Å². The Balaban J connectivity index is 2.33. The smallest absolute Gasteiger partial charge is 0.161 e. The molecule has 0 radical (unpaired) electrons. The Labute approximate surface area is 108 Å². The van der Waals surface area contributed by atoms with Crippen LogP contribution in [0.5, 0.6) is 11.5 Å². The Morgan fingerprint density at radius 3 is 2.50 bits per heavy atom. The van der Waals surface area contributed by atoms with Gasteiger partial charge in [0.05, 0.1) is 0 Å². The lowest BCUT2D eigenvalue weighted by Gasteiger charge is -2.23. The number of rotatable bonds is 4. The van der Waals surface area contributed by atoms with E-state index in [-0.39, 0.29) is 11.7 Å². The van der Waals surface area contributed by atoms with Crippen LogP contribution in [0.25, 0.3) is 0 Å². The van der Waals surface area contributed by atoms with Crippen LogP contribution in [0, 0.1) is 5.92 Å². The van der Waals surface area contributed by atoms with Gasteiger partial charge in [-0.2, -0.15) is 0 Å². The van der Waals surface area contributed by atoms with E-state index >= 15 is 0 Å². The molecule has 0 N–H and O–H groups in total. The standard InChI is InChI=1S/C15H20O3/c1-4-12(16)15(10(2)3)11-5-6-13-14(9-11)18-8-7-17-13/h5-6,9-10,15H,4,7-8H2,1-3H3. The Kier molecular flexibility index (Phi) is 3.90. The number of benzene rings is 1. The quantitative estimate of drug-likeness (QED) is 0.821. The van der Waals surface area contributed by atoms with Crippen molar-refractivity contribution in [1.82, 2.24) is 0 Å². The normalized spacial score (nSPS) is 15.6. The van der Waals surface area contributed by atoms with E-state index < -0.39 is 0 Å². The van der Waals surface area contributed by atoms with E-state index in [1.54, 1.807) is 0 Å². The maximum atomic E-state index is 12.0. The fourth-order valence-electron chi connectivity index (χ4n) is 2.42. The Morgan fingerprint density at radius 2 is 1.89 bits per heavy atom. The van der Waals surface area contributed by atoms with Gasteiger partial charge in [-0.1, -0.05) is 26.8 Å². The van der Waals surface area contributed by atoms with Crippen molar-refractivity contribution in [3.8, 4) is 11.5 Å². The van der Waals surface area contributed by atoms with Crippen molar-refractivity contribution in [2.24, 2.45) is 5.92 Å². The highest BCUT2D eigenvalue weighted by molar-refractivity contribution is 5.86. The molecule has 3 nitrogen and oxygen atoms in total. The molecule has 1 heterocycles. The summed E-state index contributed by atoms with van der Waals surface area (Å²) >= 11 is 0. The second kappa shape index (κ2) is 5.42. The molecule has 1 unspecified atom stereocenters. The summed E-state index contributed by atoms with van der Waals surface area (Å²) in [7, 11) is 0. The third-order valence-corrected chi connectivity index (χ3v) is 3.29. The van der Waals surface area contributed by atoms with Crippen LogP contribution in [-0.4, -0.2) is 19.0 Å². The molecule has 1 aliphatic rings. The van der Waals surface area contributed by atoms with Gasteiger partial charge in [0, 0.05) is 12.3 Å². The van der Waals surface area contributed by atoms with Gasteiger partial charge >= 0.3 is 0 Å². The van der Waals surface area contributed by atoms with E-state index in [1.165, 1.54) is 0 Å². The molecule has 0 aromatic heterocycles. The number of hydrogen-bond donors (Lipinski definition) is 0. The summed E-state index contributed by atoms with van der Waals surface area (Å²) in [6.45, 7) is 7.23. The topological polar surface area (TPSA) is 35.5 Å². The average Bonchev–Trinajstić information content (AvgIpc) is 2.38. The van der Waals surface area contributed by atoms with Crippen LogP contribution in [0.4, 0.5) is 0 Å². The number of hydrogen-bond acceptors (Lipinski definition) is 3. The summed E-state index contributed by atoms with van der Waals surface area (Å²) < 4.78 is 11.1. The predicted molar refractivity (Wildman–Crippen MR) is 70.3 cm³/mol. The summed E-state index contributed by atoms with van der Waals surface area (Å²) in [5.74, 6) is 2.05. The number of carbonyl (C=O) groups excluding carboxylic acids is 1. The van der Waals surface area contributed by atoms with Crippen molar-refractivity contribution in [2.75, 3.05) is 13.2 Å². The molecular formula is C15H20O3. The van der Waals surface area contributed by atoms with Gasteiger partial charge in [0.15, 0.2) is 11.5 Å². The SMILES string of the molecule is CCC(=O)C(c1ccc2c(c1)OCCO2)C(C)C. The lowest BCUT2D eigenvalue weighted by molar-refractivity contribution is -0.121. The molecule has 1 aromatic rings. The van der Waals surface area contributed by atoms with Crippen LogP contribution in [-0.2, 0) is 4.79 Å². The van der Waals surface area contributed by atoms with Gasteiger partial charge in [-0.05, 0) is 23.6 Å². The van der Waals surface area contributed by atoms with E-state index in [9.17, 15) is 4.79 Å². The molecule has 1 atom stereocenters. The average molecular weight is 248 g/mol. The van der Waals surface area contributed by atoms with Crippen molar-refractivity contribution in [2.45, 2.75) is 33.1 Å². The minimum atomic E-state index is -0.0502. The van der Waals surface area contributed by atoms with Gasteiger partial charge < -0.3 is 9.47 Å². The van der Waals surface area contributed by atoms with Gasteiger partial charge in [0.1, 0.15) is 19.0 Å². The highest BCUT2D eigenvalue weighted by Gasteiger charge is 2.24. The van der Waals surface area contributed by atoms with E-state index in [0.29, 0.717) is 25.6 Å². The molecule has 0 aliphatic carbocycles.